The average Bonchev–Trinajstić information content (AvgIpc) is 2.42. The summed E-state index contributed by atoms with van der Waals surface area (Å²) in [4.78, 5) is 16.5. The van der Waals surface area contributed by atoms with Crippen LogP contribution in [0.3, 0.4) is 0 Å². The molecule has 0 N–H and O–H groups in total. The number of carbonyl (C=O) groups is 1. The maximum Gasteiger partial charge on any atom is 0.192 e. The first-order valence-corrected chi connectivity index (χ1v) is 5.81. The Morgan fingerprint density at radius 1 is 1.29 bits per heavy atom. The Labute approximate surface area is 102 Å². The molecule has 0 atom stereocenters. The van der Waals surface area contributed by atoms with Gasteiger partial charge in [-0.05, 0) is 18.6 Å². The minimum Gasteiger partial charge on any atom is -0.383 e. The lowest BCUT2D eigenvalue weighted by Gasteiger charge is -2.17. The highest BCUT2D eigenvalue weighted by Gasteiger charge is 2.22. The second kappa shape index (κ2) is 4.62. The molecule has 1 aliphatic heterocycles. The first-order chi connectivity index (χ1) is 8.09. The lowest BCUT2D eigenvalue weighted by Crippen LogP contribution is -2.17. The predicted molar refractivity (Wildman–Crippen MR) is 70.4 cm³/mol. The first kappa shape index (κ1) is 11.7. The molecule has 17 heavy (non-hydrogen) atoms. The van der Waals surface area contributed by atoms with Gasteiger partial charge in [-0.2, -0.15) is 0 Å². The molecule has 0 bridgehead atoms. The molecule has 1 aromatic rings. The fraction of sp³-hybridized carbons (Fsp3) is 0.357. The molecule has 0 saturated carbocycles. The summed E-state index contributed by atoms with van der Waals surface area (Å²) >= 11 is 0. The van der Waals surface area contributed by atoms with Crippen molar-refractivity contribution in [2.24, 2.45) is 0 Å². The lowest BCUT2D eigenvalue weighted by atomic mass is 10.0. The van der Waals surface area contributed by atoms with E-state index < -0.39 is 0 Å². The van der Waals surface area contributed by atoms with Gasteiger partial charge in [-0.1, -0.05) is 12.1 Å². The average molecular weight is 230 g/mol. The molecule has 3 nitrogen and oxygen atoms in total. The number of fused-ring (bicyclic) bond motifs is 1. The van der Waals surface area contributed by atoms with Crippen molar-refractivity contribution in [3.05, 3.63) is 41.6 Å². The normalized spacial score (nSPS) is 17.9. The van der Waals surface area contributed by atoms with Gasteiger partial charge in [0, 0.05) is 50.7 Å². The zero-order chi connectivity index (χ0) is 12.4. The van der Waals surface area contributed by atoms with Gasteiger partial charge in [0.05, 0.1) is 0 Å². The number of carbonyl (C=O) groups excluding carboxylic acids is 1. The number of benzene rings is 1. The summed E-state index contributed by atoms with van der Waals surface area (Å²) in [6.07, 6.45) is 2.72. The van der Waals surface area contributed by atoms with E-state index in [0.29, 0.717) is 0 Å². The molecule has 0 unspecified atom stereocenters. The number of ketones is 1. The topological polar surface area (TPSA) is 23.6 Å². The van der Waals surface area contributed by atoms with Gasteiger partial charge in [0.15, 0.2) is 5.78 Å². The van der Waals surface area contributed by atoms with E-state index in [-0.39, 0.29) is 5.78 Å². The smallest absolute Gasteiger partial charge is 0.192 e. The van der Waals surface area contributed by atoms with Crippen molar-refractivity contribution in [1.82, 2.24) is 4.90 Å². The Hall–Kier alpha value is -1.77. The Balaban J connectivity index is 2.47. The molecule has 0 aliphatic carbocycles. The highest BCUT2D eigenvalue weighted by molar-refractivity contribution is 6.12. The van der Waals surface area contributed by atoms with Crippen molar-refractivity contribution in [3.8, 4) is 0 Å². The van der Waals surface area contributed by atoms with E-state index in [1.807, 2.05) is 56.5 Å². The van der Waals surface area contributed by atoms with Crippen LogP contribution in [-0.4, -0.2) is 38.4 Å². The monoisotopic (exact) mass is 230 g/mol. The minimum atomic E-state index is 0.152. The van der Waals surface area contributed by atoms with Gasteiger partial charge >= 0.3 is 0 Å². The van der Waals surface area contributed by atoms with Crippen molar-refractivity contribution >= 4 is 11.5 Å². The molecule has 0 radical (unpaired) electrons. The van der Waals surface area contributed by atoms with Gasteiger partial charge in [-0.3, -0.25) is 4.79 Å². The maximum atomic E-state index is 12.4. The van der Waals surface area contributed by atoms with Crippen molar-refractivity contribution in [1.29, 1.82) is 0 Å². The fourth-order valence-corrected chi connectivity index (χ4v) is 2.13. The van der Waals surface area contributed by atoms with E-state index in [9.17, 15) is 4.79 Å². The first-order valence-electron chi connectivity index (χ1n) is 5.81. The van der Waals surface area contributed by atoms with E-state index >= 15 is 0 Å². The highest BCUT2D eigenvalue weighted by Crippen LogP contribution is 2.27. The quantitative estimate of drug-likeness (QED) is 0.691. The summed E-state index contributed by atoms with van der Waals surface area (Å²) in [7, 11) is 5.92. The van der Waals surface area contributed by atoms with E-state index in [4.69, 9.17) is 0 Å². The molecule has 3 heteroatoms. The third-order valence-corrected chi connectivity index (χ3v) is 2.98. The number of hydrogen-bond donors (Lipinski definition) is 0. The minimum absolute atomic E-state index is 0.152. The van der Waals surface area contributed by atoms with E-state index in [0.717, 1.165) is 29.8 Å². The summed E-state index contributed by atoms with van der Waals surface area (Å²) in [6, 6.07) is 7.81. The number of rotatable bonds is 1. The molecular weight excluding hydrogens is 212 g/mol. The summed E-state index contributed by atoms with van der Waals surface area (Å²) < 4.78 is 0. The summed E-state index contributed by atoms with van der Waals surface area (Å²) in [5.74, 6) is 0.152. The zero-order valence-electron chi connectivity index (χ0n) is 10.6. The van der Waals surface area contributed by atoms with Crippen molar-refractivity contribution in [2.45, 2.75) is 6.42 Å². The van der Waals surface area contributed by atoms with Crippen molar-refractivity contribution < 1.29 is 4.79 Å². The van der Waals surface area contributed by atoms with E-state index in [2.05, 4.69) is 4.90 Å². The van der Waals surface area contributed by atoms with Crippen LogP contribution < -0.4 is 4.90 Å². The van der Waals surface area contributed by atoms with Crippen LogP contribution in [-0.2, 0) is 0 Å². The van der Waals surface area contributed by atoms with Crippen LogP contribution in [0.25, 0.3) is 0 Å². The molecule has 0 aromatic heterocycles. The molecule has 1 aliphatic rings. The number of Topliss-reactive ketones (excluding diaryl/α,β-unsaturated/α-hetero) is 1. The summed E-state index contributed by atoms with van der Waals surface area (Å²) in [5.41, 5.74) is 2.71. The van der Waals surface area contributed by atoms with Crippen LogP contribution in [0.4, 0.5) is 5.69 Å². The fourth-order valence-electron chi connectivity index (χ4n) is 2.13. The SMILES string of the molecule is CN(C)/C=C1\CCN(C)c2ccccc2C1=O. The second-order valence-corrected chi connectivity index (χ2v) is 4.64. The van der Waals surface area contributed by atoms with Gasteiger partial charge < -0.3 is 9.80 Å². The molecule has 2 rings (SSSR count). The highest BCUT2D eigenvalue weighted by atomic mass is 16.1. The standard InChI is InChI=1S/C14H18N2O/c1-15(2)10-11-8-9-16(3)13-7-5-4-6-12(13)14(11)17/h4-7,10H,8-9H2,1-3H3/b11-10+. The van der Waals surface area contributed by atoms with Crippen LogP contribution in [0.1, 0.15) is 16.8 Å². The van der Waals surface area contributed by atoms with Crippen molar-refractivity contribution in [3.63, 3.8) is 0 Å². The van der Waals surface area contributed by atoms with Crippen LogP contribution in [0.15, 0.2) is 36.0 Å². The second-order valence-electron chi connectivity index (χ2n) is 4.64. The van der Waals surface area contributed by atoms with Crippen molar-refractivity contribution in [2.75, 3.05) is 32.6 Å². The third-order valence-electron chi connectivity index (χ3n) is 2.98. The predicted octanol–water partition coefficient (Wildman–Crippen LogP) is 2.15. The molecular formula is C14H18N2O. The van der Waals surface area contributed by atoms with E-state index in [1.165, 1.54) is 0 Å². The van der Waals surface area contributed by atoms with Gasteiger partial charge in [0.1, 0.15) is 0 Å². The molecule has 0 fully saturated rings. The molecule has 90 valence electrons. The van der Waals surface area contributed by atoms with Gasteiger partial charge in [0.2, 0.25) is 0 Å². The lowest BCUT2D eigenvalue weighted by molar-refractivity contribution is 0.103. The zero-order valence-corrected chi connectivity index (χ0v) is 10.6. The van der Waals surface area contributed by atoms with Crippen LogP contribution >= 0.6 is 0 Å². The number of para-hydroxylation sites is 1. The Morgan fingerprint density at radius 3 is 2.71 bits per heavy atom. The molecule has 1 heterocycles. The Bertz CT molecular complexity index is 463. The van der Waals surface area contributed by atoms with Gasteiger partial charge in [-0.15, -0.1) is 0 Å². The summed E-state index contributed by atoms with van der Waals surface area (Å²) in [6.45, 7) is 0.877. The van der Waals surface area contributed by atoms with E-state index in [1.54, 1.807) is 0 Å². The number of anilines is 1. The van der Waals surface area contributed by atoms with Crippen LogP contribution in [0.2, 0.25) is 0 Å². The maximum absolute atomic E-state index is 12.4. The van der Waals surface area contributed by atoms with Gasteiger partial charge in [0.25, 0.3) is 0 Å². The van der Waals surface area contributed by atoms with Crippen LogP contribution in [0, 0.1) is 0 Å². The molecule has 0 saturated heterocycles. The number of nitrogens with zero attached hydrogens (tertiary/aromatic N) is 2. The molecule has 0 spiro atoms. The Morgan fingerprint density at radius 2 is 2.00 bits per heavy atom. The molecule has 0 amide bonds. The van der Waals surface area contributed by atoms with Gasteiger partial charge in [-0.25, -0.2) is 0 Å². The molecule has 1 aromatic carbocycles. The summed E-state index contributed by atoms with van der Waals surface area (Å²) in [5, 5.41) is 0. The third kappa shape index (κ3) is 2.33. The van der Waals surface area contributed by atoms with Crippen LogP contribution in [0.5, 0.6) is 0 Å². The number of hydrogen-bond acceptors (Lipinski definition) is 3. The Kier molecular flexibility index (Phi) is 3.18. The largest absolute Gasteiger partial charge is 0.383 e.